The number of hydrogen-bond acceptors (Lipinski definition) is 4. The Hall–Kier alpha value is -1.79. The number of ether oxygens (including phenoxy) is 1. The van der Waals surface area contributed by atoms with E-state index in [1.807, 2.05) is 6.92 Å². The van der Waals surface area contributed by atoms with Crippen molar-refractivity contribution in [2.24, 2.45) is 5.92 Å². The van der Waals surface area contributed by atoms with Gasteiger partial charge in [-0.05, 0) is 32.1 Å². The fraction of sp³-hybridized carbons (Fsp3) is 0.750. The van der Waals surface area contributed by atoms with E-state index in [0.717, 1.165) is 12.8 Å². The highest BCUT2D eigenvalue weighted by Gasteiger charge is 2.30. The number of carbonyl (C=O) groups excluding carboxylic acids is 2. The maximum absolute atomic E-state index is 11.6. The Bertz CT molecular complexity index is 354. The van der Waals surface area contributed by atoms with E-state index in [-0.39, 0.29) is 18.9 Å². The minimum Gasteiger partial charge on any atom is -0.480 e. The van der Waals surface area contributed by atoms with Crippen molar-refractivity contribution in [3.05, 3.63) is 0 Å². The molecule has 0 aromatic heterocycles. The molecule has 1 saturated carbocycles. The van der Waals surface area contributed by atoms with E-state index in [2.05, 4.69) is 15.4 Å². The highest BCUT2D eigenvalue weighted by molar-refractivity contribution is 5.83. The second-order valence-electron chi connectivity index (χ2n) is 4.75. The number of amides is 2. The molecule has 0 aliphatic heterocycles. The molecule has 3 N–H and O–H groups in total. The molecule has 19 heavy (non-hydrogen) atoms. The first-order valence-electron chi connectivity index (χ1n) is 6.30. The van der Waals surface area contributed by atoms with Gasteiger partial charge in [-0.25, -0.2) is 9.59 Å². The molecule has 1 rings (SSSR count). The highest BCUT2D eigenvalue weighted by atomic mass is 16.5. The second kappa shape index (κ2) is 6.96. The molecular formula is C12H20N2O5. The van der Waals surface area contributed by atoms with Crippen LogP contribution >= 0.6 is 0 Å². The maximum atomic E-state index is 11.6. The van der Waals surface area contributed by atoms with Crippen molar-refractivity contribution >= 4 is 18.0 Å². The maximum Gasteiger partial charge on any atom is 0.326 e. The third kappa shape index (κ3) is 5.58. The van der Waals surface area contributed by atoms with Gasteiger partial charge in [0.15, 0.2) is 0 Å². The van der Waals surface area contributed by atoms with Gasteiger partial charge in [-0.15, -0.1) is 0 Å². The average molecular weight is 272 g/mol. The summed E-state index contributed by atoms with van der Waals surface area (Å²) in [5.41, 5.74) is 0. The van der Waals surface area contributed by atoms with Crippen LogP contribution in [0.25, 0.3) is 0 Å². The normalized spacial score (nSPS) is 17.2. The van der Waals surface area contributed by atoms with Crippen LogP contribution in [0, 0.1) is 5.92 Å². The molecular weight excluding hydrogens is 252 g/mol. The lowest BCUT2D eigenvalue weighted by atomic mass is 10.1. The molecule has 0 aromatic rings. The number of carboxylic acids is 1. The van der Waals surface area contributed by atoms with Crippen molar-refractivity contribution in [1.82, 2.24) is 10.6 Å². The van der Waals surface area contributed by atoms with Crippen LogP contribution in [0.5, 0.6) is 0 Å². The lowest BCUT2D eigenvalue weighted by Gasteiger charge is -2.17. The lowest BCUT2D eigenvalue weighted by molar-refractivity contribution is -0.142. The monoisotopic (exact) mass is 272 g/mol. The molecule has 1 unspecified atom stereocenters. The summed E-state index contributed by atoms with van der Waals surface area (Å²) >= 11 is 0. The van der Waals surface area contributed by atoms with E-state index >= 15 is 0 Å². The summed E-state index contributed by atoms with van der Waals surface area (Å²) in [4.78, 5) is 33.5. The zero-order chi connectivity index (χ0) is 14.4. The topological polar surface area (TPSA) is 105 Å². The molecule has 7 nitrogen and oxygen atoms in total. The van der Waals surface area contributed by atoms with Crippen LogP contribution in [-0.2, 0) is 14.3 Å². The fourth-order valence-electron chi connectivity index (χ4n) is 1.74. The Morgan fingerprint density at radius 1 is 1.32 bits per heavy atom. The van der Waals surface area contributed by atoms with Gasteiger partial charge >= 0.3 is 18.0 Å². The number of rotatable bonds is 7. The second-order valence-corrected chi connectivity index (χ2v) is 4.75. The number of esters is 1. The van der Waals surface area contributed by atoms with E-state index < -0.39 is 24.0 Å². The van der Waals surface area contributed by atoms with Crippen molar-refractivity contribution in [3.63, 3.8) is 0 Å². The molecule has 2 amide bonds. The zero-order valence-corrected chi connectivity index (χ0v) is 11.1. The minimum atomic E-state index is -1.17. The van der Waals surface area contributed by atoms with E-state index in [1.54, 1.807) is 0 Å². The average Bonchev–Trinajstić information content (AvgIpc) is 3.17. The van der Waals surface area contributed by atoms with Crippen molar-refractivity contribution in [3.8, 4) is 0 Å². The molecule has 2 atom stereocenters. The van der Waals surface area contributed by atoms with Crippen LogP contribution in [0.3, 0.4) is 0 Å². The summed E-state index contributed by atoms with van der Waals surface area (Å²) in [5.74, 6) is -1.18. The van der Waals surface area contributed by atoms with Crippen molar-refractivity contribution in [2.75, 3.05) is 7.11 Å². The third-order valence-electron chi connectivity index (χ3n) is 3.16. The van der Waals surface area contributed by atoms with Gasteiger partial charge in [-0.1, -0.05) is 0 Å². The van der Waals surface area contributed by atoms with Crippen molar-refractivity contribution in [1.29, 1.82) is 0 Å². The molecule has 1 fully saturated rings. The van der Waals surface area contributed by atoms with Gasteiger partial charge in [0.25, 0.3) is 0 Å². The molecule has 0 saturated heterocycles. The summed E-state index contributed by atoms with van der Waals surface area (Å²) in [5, 5.41) is 14.0. The zero-order valence-electron chi connectivity index (χ0n) is 11.1. The predicted molar refractivity (Wildman–Crippen MR) is 66.5 cm³/mol. The standard InChI is InChI=1S/C12H20N2O5/c1-7(8-3-4-8)13-12(18)14-9(11(16)17)5-6-10(15)19-2/h7-9H,3-6H2,1-2H3,(H,16,17)(H2,13,14,18)/t7?,9-/m1/s1. The van der Waals surface area contributed by atoms with E-state index in [1.165, 1.54) is 7.11 Å². The van der Waals surface area contributed by atoms with Gasteiger partial charge in [0, 0.05) is 12.5 Å². The van der Waals surface area contributed by atoms with Gasteiger partial charge in [0.05, 0.1) is 7.11 Å². The quantitative estimate of drug-likeness (QED) is 0.585. The van der Waals surface area contributed by atoms with Crippen LogP contribution in [0.2, 0.25) is 0 Å². The SMILES string of the molecule is COC(=O)CC[C@@H](NC(=O)NC(C)C1CC1)C(=O)O. The first kappa shape index (κ1) is 15.3. The Morgan fingerprint density at radius 2 is 1.95 bits per heavy atom. The Morgan fingerprint density at radius 3 is 2.42 bits per heavy atom. The van der Waals surface area contributed by atoms with E-state index in [0.29, 0.717) is 5.92 Å². The van der Waals surface area contributed by atoms with Crippen LogP contribution < -0.4 is 10.6 Å². The van der Waals surface area contributed by atoms with Gasteiger partial charge in [0.2, 0.25) is 0 Å². The van der Waals surface area contributed by atoms with Crippen LogP contribution in [-0.4, -0.2) is 42.3 Å². The molecule has 7 heteroatoms. The number of urea groups is 1. The lowest BCUT2D eigenvalue weighted by Crippen LogP contribution is -2.49. The number of hydrogen-bond donors (Lipinski definition) is 3. The van der Waals surface area contributed by atoms with Crippen LogP contribution in [0.4, 0.5) is 4.79 Å². The predicted octanol–water partition coefficient (Wildman–Crippen LogP) is 0.491. The highest BCUT2D eigenvalue weighted by Crippen LogP contribution is 2.32. The van der Waals surface area contributed by atoms with E-state index in [4.69, 9.17) is 5.11 Å². The first-order valence-corrected chi connectivity index (χ1v) is 6.30. The molecule has 1 aliphatic carbocycles. The number of methoxy groups -OCH3 is 1. The molecule has 0 spiro atoms. The molecule has 0 radical (unpaired) electrons. The van der Waals surface area contributed by atoms with E-state index in [9.17, 15) is 14.4 Å². The smallest absolute Gasteiger partial charge is 0.326 e. The third-order valence-corrected chi connectivity index (χ3v) is 3.16. The fourth-order valence-corrected chi connectivity index (χ4v) is 1.74. The molecule has 108 valence electrons. The number of nitrogens with one attached hydrogen (secondary N) is 2. The summed E-state index contributed by atoms with van der Waals surface area (Å²) in [7, 11) is 1.23. The van der Waals surface area contributed by atoms with Gasteiger partial charge < -0.3 is 20.5 Å². The largest absolute Gasteiger partial charge is 0.480 e. The van der Waals surface area contributed by atoms with Gasteiger partial charge in [-0.2, -0.15) is 0 Å². The van der Waals surface area contributed by atoms with Gasteiger partial charge in [-0.3, -0.25) is 4.79 Å². The van der Waals surface area contributed by atoms with Crippen LogP contribution in [0.1, 0.15) is 32.6 Å². The Labute approximate surface area is 111 Å². The number of carbonyl (C=O) groups is 3. The van der Waals surface area contributed by atoms with Crippen LogP contribution in [0.15, 0.2) is 0 Å². The number of aliphatic carboxylic acids is 1. The molecule has 0 aromatic carbocycles. The number of carboxylic acid groups (broad SMARTS) is 1. The summed E-state index contributed by atoms with van der Waals surface area (Å²) < 4.78 is 4.43. The van der Waals surface area contributed by atoms with Crippen molar-refractivity contribution < 1.29 is 24.2 Å². The summed E-state index contributed by atoms with van der Waals surface area (Å²) in [6.07, 6.45) is 2.14. The van der Waals surface area contributed by atoms with Gasteiger partial charge in [0.1, 0.15) is 6.04 Å². The summed E-state index contributed by atoms with van der Waals surface area (Å²) in [6, 6.07) is -1.57. The first-order chi connectivity index (χ1) is 8.93. The molecule has 0 bridgehead atoms. The Balaban J connectivity index is 2.36. The Kier molecular flexibility index (Phi) is 5.59. The summed E-state index contributed by atoms with van der Waals surface area (Å²) in [6.45, 7) is 1.89. The minimum absolute atomic E-state index is 0.00718. The molecule has 0 heterocycles. The molecule has 1 aliphatic rings. The van der Waals surface area contributed by atoms with Crippen molar-refractivity contribution in [2.45, 2.75) is 44.7 Å².